The Bertz CT molecular complexity index is 421. The molecule has 0 aliphatic carbocycles. The summed E-state index contributed by atoms with van der Waals surface area (Å²) in [5.74, 6) is 0.822. The van der Waals surface area contributed by atoms with Gasteiger partial charge in [0.25, 0.3) is 0 Å². The summed E-state index contributed by atoms with van der Waals surface area (Å²) >= 11 is 0. The molecule has 4 nitrogen and oxygen atoms in total. The van der Waals surface area contributed by atoms with Crippen molar-refractivity contribution in [2.45, 2.75) is 26.7 Å². The van der Waals surface area contributed by atoms with Crippen LogP contribution in [0.1, 0.15) is 32.3 Å². The van der Waals surface area contributed by atoms with E-state index in [-0.39, 0.29) is 6.03 Å². The van der Waals surface area contributed by atoms with E-state index in [2.05, 4.69) is 19.2 Å². The number of carbonyl (C=O) groups excluding carboxylic acids is 1. The Kier molecular flexibility index (Phi) is 7.25. The minimum atomic E-state index is -0.0431. The predicted octanol–water partition coefficient (Wildman–Crippen LogP) is 3.50. The molecule has 0 aromatic heterocycles. The Morgan fingerprint density at radius 3 is 2.30 bits per heavy atom. The minimum Gasteiger partial charge on any atom is -0.497 e. The molecule has 1 rings (SSSR count). The smallest absolute Gasteiger partial charge is 0.321 e. The molecule has 0 unspecified atom stereocenters. The summed E-state index contributed by atoms with van der Waals surface area (Å²) in [6, 6.07) is 7.62. The molecule has 1 aromatic carbocycles. The van der Waals surface area contributed by atoms with Gasteiger partial charge < -0.3 is 15.0 Å². The van der Waals surface area contributed by atoms with E-state index in [4.69, 9.17) is 4.74 Å². The number of hydrogen-bond acceptors (Lipinski definition) is 2. The summed E-state index contributed by atoms with van der Waals surface area (Å²) in [6.45, 7) is 5.72. The molecule has 0 aliphatic heterocycles. The zero-order chi connectivity index (χ0) is 14.8. The minimum absolute atomic E-state index is 0.0431. The number of amides is 2. The molecule has 1 aromatic rings. The molecule has 1 N–H and O–H groups in total. The number of nitrogens with one attached hydrogen (secondary N) is 1. The molecular weight excluding hydrogens is 252 g/mol. The number of methoxy groups -OCH3 is 1. The maximum absolute atomic E-state index is 12.0. The number of urea groups is 1. The van der Waals surface area contributed by atoms with Gasteiger partial charge in [0, 0.05) is 19.3 Å². The maximum atomic E-state index is 12.0. The third-order valence-electron chi connectivity index (χ3n) is 2.87. The normalized spacial score (nSPS) is 10.6. The summed E-state index contributed by atoms with van der Waals surface area (Å²) in [7, 11) is 1.64. The topological polar surface area (TPSA) is 41.6 Å². The Hall–Kier alpha value is -1.97. The van der Waals surface area contributed by atoms with E-state index in [1.165, 1.54) is 0 Å². The number of ether oxygens (including phenoxy) is 1. The molecular formula is C16H24N2O2. The molecule has 4 heteroatoms. The van der Waals surface area contributed by atoms with E-state index in [0.29, 0.717) is 0 Å². The van der Waals surface area contributed by atoms with Crippen LogP contribution in [0.2, 0.25) is 0 Å². The second-order valence-electron chi connectivity index (χ2n) is 4.54. The summed E-state index contributed by atoms with van der Waals surface area (Å²) < 4.78 is 5.10. The van der Waals surface area contributed by atoms with Crippen molar-refractivity contribution in [3.05, 3.63) is 36.0 Å². The molecule has 0 spiro atoms. The first-order valence-corrected chi connectivity index (χ1v) is 7.07. The van der Waals surface area contributed by atoms with Gasteiger partial charge in [-0.2, -0.15) is 0 Å². The molecule has 0 aliphatic rings. The predicted molar refractivity (Wildman–Crippen MR) is 82.7 cm³/mol. The first kappa shape index (κ1) is 16.1. The van der Waals surface area contributed by atoms with E-state index in [1.54, 1.807) is 13.3 Å². The average molecular weight is 276 g/mol. The van der Waals surface area contributed by atoms with Gasteiger partial charge in [-0.25, -0.2) is 4.79 Å². The fourth-order valence-corrected chi connectivity index (χ4v) is 1.87. The van der Waals surface area contributed by atoms with Crippen LogP contribution >= 0.6 is 0 Å². The van der Waals surface area contributed by atoms with Gasteiger partial charge in [-0.1, -0.05) is 26.0 Å². The van der Waals surface area contributed by atoms with Gasteiger partial charge in [0.15, 0.2) is 0 Å². The molecule has 0 radical (unpaired) electrons. The monoisotopic (exact) mass is 276 g/mol. The van der Waals surface area contributed by atoms with Gasteiger partial charge >= 0.3 is 6.03 Å². The SMILES string of the molecule is CCCN(CCC)C(=O)N/C=C/c1ccc(OC)cc1. The number of nitrogens with zero attached hydrogens (tertiary/aromatic N) is 1. The lowest BCUT2D eigenvalue weighted by atomic mass is 10.2. The van der Waals surface area contributed by atoms with E-state index < -0.39 is 0 Å². The molecule has 0 bridgehead atoms. The number of carbonyl (C=O) groups is 1. The van der Waals surface area contributed by atoms with Crippen LogP contribution in [0, 0.1) is 0 Å². The van der Waals surface area contributed by atoms with Crippen molar-refractivity contribution in [3.63, 3.8) is 0 Å². The van der Waals surface area contributed by atoms with Crippen LogP contribution in [-0.4, -0.2) is 31.1 Å². The molecule has 20 heavy (non-hydrogen) atoms. The van der Waals surface area contributed by atoms with Gasteiger partial charge in [-0.05, 0) is 36.6 Å². The van der Waals surface area contributed by atoms with Crippen LogP contribution in [0.15, 0.2) is 30.5 Å². The highest BCUT2D eigenvalue weighted by atomic mass is 16.5. The largest absolute Gasteiger partial charge is 0.497 e. The van der Waals surface area contributed by atoms with Gasteiger partial charge in [-0.3, -0.25) is 0 Å². The molecule has 2 amide bonds. The van der Waals surface area contributed by atoms with Crippen LogP contribution in [0.5, 0.6) is 5.75 Å². The number of rotatable bonds is 7. The molecule has 0 saturated heterocycles. The van der Waals surface area contributed by atoms with Crippen LogP contribution in [-0.2, 0) is 0 Å². The van der Waals surface area contributed by atoms with Crippen LogP contribution in [0.25, 0.3) is 6.08 Å². The van der Waals surface area contributed by atoms with Crippen molar-refractivity contribution in [2.24, 2.45) is 0 Å². The van der Waals surface area contributed by atoms with Crippen molar-refractivity contribution in [2.75, 3.05) is 20.2 Å². The summed E-state index contributed by atoms with van der Waals surface area (Å²) in [6.07, 6.45) is 5.49. The molecule has 110 valence electrons. The second-order valence-corrected chi connectivity index (χ2v) is 4.54. The van der Waals surface area contributed by atoms with Gasteiger partial charge in [0.2, 0.25) is 0 Å². The second kappa shape index (κ2) is 9.02. The number of hydrogen-bond donors (Lipinski definition) is 1. The summed E-state index contributed by atoms with van der Waals surface area (Å²) in [5, 5.41) is 2.80. The fourth-order valence-electron chi connectivity index (χ4n) is 1.87. The lowest BCUT2D eigenvalue weighted by molar-refractivity contribution is 0.201. The van der Waals surface area contributed by atoms with Crippen LogP contribution < -0.4 is 10.1 Å². The zero-order valence-corrected chi connectivity index (χ0v) is 12.6. The highest BCUT2D eigenvalue weighted by molar-refractivity contribution is 5.76. The van der Waals surface area contributed by atoms with E-state index in [9.17, 15) is 4.79 Å². The van der Waals surface area contributed by atoms with Crippen molar-refractivity contribution in [1.29, 1.82) is 0 Å². The standard InChI is InChI=1S/C16H24N2O2/c1-4-12-18(13-5-2)16(19)17-11-10-14-6-8-15(20-3)9-7-14/h6-11H,4-5,12-13H2,1-3H3,(H,17,19)/b11-10+. The Balaban J connectivity index is 2.51. The van der Waals surface area contributed by atoms with Crippen LogP contribution in [0.3, 0.4) is 0 Å². The van der Waals surface area contributed by atoms with E-state index in [0.717, 1.165) is 37.2 Å². The van der Waals surface area contributed by atoms with E-state index in [1.807, 2.05) is 35.2 Å². The highest BCUT2D eigenvalue weighted by Crippen LogP contribution is 2.11. The van der Waals surface area contributed by atoms with Gasteiger partial charge in [-0.15, -0.1) is 0 Å². The third-order valence-corrected chi connectivity index (χ3v) is 2.87. The van der Waals surface area contributed by atoms with Gasteiger partial charge in [0.05, 0.1) is 7.11 Å². The van der Waals surface area contributed by atoms with Gasteiger partial charge in [0.1, 0.15) is 5.75 Å². The van der Waals surface area contributed by atoms with Crippen molar-refractivity contribution in [3.8, 4) is 5.75 Å². The Morgan fingerprint density at radius 2 is 1.80 bits per heavy atom. The first-order chi connectivity index (χ1) is 9.71. The quantitative estimate of drug-likeness (QED) is 0.828. The van der Waals surface area contributed by atoms with Crippen molar-refractivity contribution >= 4 is 12.1 Å². The molecule has 0 heterocycles. The summed E-state index contributed by atoms with van der Waals surface area (Å²) in [5.41, 5.74) is 1.02. The van der Waals surface area contributed by atoms with E-state index >= 15 is 0 Å². The highest BCUT2D eigenvalue weighted by Gasteiger charge is 2.08. The lowest BCUT2D eigenvalue weighted by Gasteiger charge is -2.20. The molecule has 0 saturated carbocycles. The van der Waals surface area contributed by atoms with Crippen molar-refractivity contribution < 1.29 is 9.53 Å². The molecule has 0 fully saturated rings. The Morgan fingerprint density at radius 1 is 1.20 bits per heavy atom. The number of benzene rings is 1. The lowest BCUT2D eigenvalue weighted by Crippen LogP contribution is -2.38. The maximum Gasteiger partial charge on any atom is 0.321 e. The van der Waals surface area contributed by atoms with Crippen LogP contribution in [0.4, 0.5) is 4.79 Å². The zero-order valence-electron chi connectivity index (χ0n) is 12.6. The van der Waals surface area contributed by atoms with Crippen molar-refractivity contribution in [1.82, 2.24) is 10.2 Å². The third kappa shape index (κ3) is 5.34. The average Bonchev–Trinajstić information content (AvgIpc) is 2.47. The Labute approximate surface area is 121 Å². The fraction of sp³-hybridized carbons (Fsp3) is 0.438. The first-order valence-electron chi connectivity index (χ1n) is 7.07. The molecule has 0 atom stereocenters. The summed E-state index contributed by atoms with van der Waals surface area (Å²) in [4.78, 5) is 13.8.